The van der Waals surface area contributed by atoms with Crippen LogP contribution in [0.2, 0.25) is 0 Å². The zero-order chi connectivity index (χ0) is 13.4. The molecule has 1 rings (SSSR count). The summed E-state index contributed by atoms with van der Waals surface area (Å²) in [6.07, 6.45) is 6.55. The van der Waals surface area contributed by atoms with Gasteiger partial charge in [-0.25, -0.2) is 4.98 Å². The van der Waals surface area contributed by atoms with Gasteiger partial charge in [0.25, 0.3) is 0 Å². The second-order valence-electron chi connectivity index (χ2n) is 5.02. The van der Waals surface area contributed by atoms with Crippen molar-refractivity contribution in [3.63, 3.8) is 0 Å². The van der Waals surface area contributed by atoms with Gasteiger partial charge < -0.3 is 10.6 Å². The Balaban J connectivity index is 2.83. The number of anilines is 1. The van der Waals surface area contributed by atoms with Crippen LogP contribution >= 0.6 is 0 Å². The van der Waals surface area contributed by atoms with Gasteiger partial charge in [-0.15, -0.1) is 0 Å². The van der Waals surface area contributed by atoms with Crippen molar-refractivity contribution in [3.8, 4) is 0 Å². The van der Waals surface area contributed by atoms with E-state index in [2.05, 4.69) is 36.7 Å². The molecule has 0 aliphatic carbocycles. The number of pyridine rings is 1. The average Bonchev–Trinajstić information content (AvgIpc) is 2.36. The van der Waals surface area contributed by atoms with Crippen molar-refractivity contribution in [2.45, 2.75) is 52.5 Å². The van der Waals surface area contributed by atoms with Gasteiger partial charge >= 0.3 is 0 Å². The number of nitrogens with two attached hydrogens (primary N) is 1. The van der Waals surface area contributed by atoms with E-state index in [9.17, 15) is 0 Å². The van der Waals surface area contributed by atoms with Gasteiger partial charge in [0.1, 0.15) is 5.82 Å². The Hall–Kier alpha value is -1.09. The zero-order valence-corrected chi connectivity index (χ0v) is 12.0. The van der Waals surface area contributed by atoms with Crippen molar-refractivity contribution in [2.24, 2.45) is 5.73 Å². The molecule has 0 saturated heterocycles. The topological polar surface area (TPSA) is 42.2 Å². The lowest BCUT2D eigenvalue weighted by molar-refractivity contribution is 0.617. The van der Waals surface area contributed by atoms with Gasteiger partial charge in [0.05, 0.1) is 0 Å². The summed E-state index contributed by atoms with van der Waals surface area (Å²) < 4.78 is 0. The molecule has 1 aromatic rings. The van der Waals surface area contributed by atoms with E-state index < -0.39 is 0 Å². The molecule has 18 heavy (non-hydrogen) atoms. The summed E-state index contributed by atoms with van der Waals surface area (Å²) in [7, 11) is 0. The normalized spacial score (nSPS) is 10.9. The van der Waals surface area contributed by atoms with Crippen LogP contribution < -0.4 is 10.6 Å². The minimum Gasteiger partial charge on any atom is -0.354 e. The van der Waals surface area contributed by atoms with Crippen LogP contribution in [0, 0.1) is 0 Å². The van der Waals surface area contributed by atoms with Crippen LogP contribution in [-0.4, -0.2) is 24.1 Å². The second kappa shape index (κ2) is 8.09. The molecule has 0 radical (unpaired) electrons. The largest absolute Gasteiger partial charge is 0.354 e. The van der Waals surface area contributed by atoms with E-state index in [4.69, 9.17) is 5.73 Å². The molecule has 0 atom stereocenters. The van der Waals surface area contributed by atoms with Crippen LogP contribution in [0.3, 0.4) is 0 Å². The Morgan fingerprint density at radius 3 is 2.72 bits per heavy atom. The maximum Gasteiger partial charge on any atom is 0.131 e. The number of aromatic nitrogens is 1. The van der Waals surface area contributed by atoms with Gasteiger partial charge in [-0.2, -0.15) is 0 Å². The Labute approximate surface area is 111 Å². The highest BCUT2D eigenvalue weighted by Gasteiger charge is 2.14. The molecular formula is C15H27N3. The molecule has 0 amide bonds. The summed E-state index contributed by atoms with van der Waals surface area (Å²) in [6.45, 7) is 8.46. The maximum absolute atomic E-state index is 5.68. The Bertz CT molecular complexity index is 336. The van der Waals surface area contributed by atoms with Crippen molar-refractivity contribution in [3.05, 3.63) is 23.9 Å². The van der Waals surface area contributed by atoms with E-state index in [-0.39, 0.29) is 0 Å². The summed E-state index contributed by atoms with van der Waals surface area (Å²) in [4.78, 5) is 6.97. The van der Waals surface area contributed by atoms with E-state index in [1.807, 2.05) is 12.3 Å². The fourth-order valence-corrected chi connectivity index (χ4v) is 2.18. The van der Waals surface area contributed by atoms with E-state index in [1.165, 1.54) is 24.8 Å². The van der Waals surface area contributed by atoms with Crippen molar-refractivity contribution in [1.29, 1.82) is 0 Å². The molecule has 0 bridgehead atoms. The van der Waals surface area contributed by atoms with E-state index in [0.29, 0.717) is 12.6 Å². The second-order valence-corrected chi connectivity index (χ2v) is 5.02. The van der Waals surface area contributed by atoms with Gasteiger partial charge in [-0.1, -0.05) is 25.8 Å². The highest BCUT2D eigenvalue weighted by molar-refractivity contribution is 5.47. The first-order valence-electron chi connectivity index (χ1n) is 7.11. The first kappa shape index (κ1) is 15.0. The number of hydrogen-bond donors (Lipinski definition) is 1. The highest BCUT2D eigenvalue weighted by atomic mass is 15.2. The third kappa shape index (κ3) is 4.30. The van der Waals surface area contributed by atoms with Crippen LogP contribution in [0.4, 0.5) is 5.82 Å². The SMILES string of the molecule is CCCCCN(c1ncccc1CCN)C(C)C. The molecule has 3 heteroatoms. The van der Waals surface area contributed by atoms with Crippen LogP contribution in [0.1, 0.15) is 45.6 Å². The van der Waals surface area contributed by atoms with Gasteiger partial charge in [0, 0.05) is 18.8 Å². The molecule has 0 saturated carbocycles. The van der Waals surface area contributed by atoms with Crippen LogP contribution in [0.15, 0.2) is 18.3 Å². The fraction of sp³-hybridized carbons (Fsp3) is 0.667. The lowest BCUT2D eigenvalue weighted by Crippen LogP contribution is -2.33. The predicted molar refractivity (Wildman–Crippen MR) is 79.0 cm³/mol. The molecule has 0 unspecified atom stereocenters. The Morgan fingerprint density at radius 2 is 2.11 bits per heavy atom. The van der Waals surface area contributed by atoms with Crippen molar-refractivity contribution < 1.29 is 0 Å². The third-order valence-corrected chi connectivity index (χ3v) is 3.18. The first-order valence-corrected chi connectivity index (χ1v) is 7.11. The molecule has 102 valence electrons. The molecule has 0 aliphatic heterocycles. The number of rotatable bonds is 8. The van der Waals surface area contributed by atoms with E-state index >= 15 is 0 Å². The monoisotopic (exact) mass is 249 g/mol. The number of hydrogen-bond acceptors (Lipinski definition) is 3. The summed E-state index contributed by atoms with van der Waals surface area (Å²) in [5, 5.41) is 0. The minimum absolute atomic E-state index is 0.480. The molecule has 0 spiro atoms. The molecule has 0 fully saturated rings. The number of unbranched alkanes of at least 4 members (excludes halogenated alkanes) is 2. The molecule has 1 aromatic heterocycles. The van der Waals surface area contributed by atoms with Gasteiger partial charge in [-0.05, 0) is 44.9 Å². The summed E-state index contributed by atoms with van der Waals surface area (Å²) in [5.74, 6) is 1.12. The van der Waals surface area contributed by atoms with E-state index in [0.717, 1.165) is 18.8 Å². The number of nitrogens with zero attached hydrogens (tertiary/aromatic N) is 2. The Morgan fingerprint density at radius 1 is 1.33 bits per heavy atom. The molecule has 0 aromatic carbocycles. The summed E-state index contributed by atoms with van der Waals surface area (Å²) in [6, 6.07) is 4.62. The van der Waals surface area contributed by atoms with Crippen molar-refractivity contribution in [1.82, 2.24) is 4.98 Å². The first-order chi connectivity index (χ1) is 8.70. The molecule has 1 heterocycles. The van der Waals surface area contributed by atoms with Crippen LogP contribution in [-0.2, 0) is 6.42 Å². The van der Waals surface area contributed by atoms with Crippen LogP contribution in [0.5, 0.6) is 0 Å². The van der Waals surface area contributed by atoms with Crippen molar-refractivity contribution in [2.75, 3.05) is 18.0 Å². The minimum atomic E-state index is 0.480. The summed E-state index contributed by atoms with van der Waals surface area (Å²) >= 11 is 0. The molecule has 2 N–H and O–H groups in total. The fourth-order valence-electron chi connectivity index (χ4n) is 2.18. The van der Waals surface area contributed by atoms with Crippen molar-refractivity contribution >= 4 is 5.82 Å². The standard InChI is InChI=1S/C15H27N3/c1-4-5-6-12-18(13(2)3)15-14(9-10-16)8-7-11-17-15/h7-8,11,13H,4-6,9-10,12,16H2,1-3H3. The van der Waals surface area contributed by atoms with Crippen LogP contribution in [0.25, 0.3) is 0 Å². The molecule has 3 nitrogen and oxygen atoms in total. The average molecular weight is 249 g/mol. The van der Waals surface area contributed by atoms with Gasteiger partial charge in [0.2, 0.25) is 0 Å². The summed E-state index contributed by atoms with van der Waals surface area (Å²) in [5.41, 5.74) is 6.95. The lowest BCUT2D eigenvalue weighted by Gasteiger charge is -2.29. The smallest absolute Gasteiger partial charge is 0.131 e. The Kier molecular flexibility index (Phi) is 6.73. The van der Waals surface area contributed by atoms with Gasteiger partial charge in [0.15, 0.2) is 0 Å². The molecule has 0 aliphatic rings. The zero-order valence-electron chi connectivity index (χ0n) is 12.0. The van der Waals surface area contributed by atoms with Gasteiger partial charge in [-0.3, -0.25) is 0 Å². The highest BCUT2D eigenvalue weighted by Crippen LogP contribution is 2.20. The lowest BCUT2D eigenvalue weighted by atomic mass is 10.1. The van der Waals surface area contributed by atoms with E-state index in [1.54, 1.807) is 0 Å². The predicted octanol–water partition coefficient (Wildman–Crippen LogP) is 2.99. The maximum atomic E-state index is 5.68. The molecular weight excluding hydrogens is 222 g/mol. The quantitative estimate of drug-likeness (QED) is 0.720. The third-order valence-electron chi connectivity index (χ3n) is 3.18.